The van der Waals surface area contributed by atoms with Crippen LogP contribution < -0.4 is 5.14 Å². The number of esters is 2. The number of rotatable bonds is 4. The lowest BCUT2D eigenvalue weighted by molar-refractivity contribution is -0.977. The number of carbonyl (C=O) groups excluding carboxylic acids is 2. The number of fused-ring (bicyclic) bond motifs is 1. The van der Waals surface area contributed by atoms with Gasteiger partial charge in [-0.15, -0.1) is 0 Å². The predicted molar refractivity (Wildman–Crippen MR) is 77.0 cm³/mol. The minimum Gasteiger partial charge on any atom is -0.370 e. The van der Waals surface area contributed by atoms with Crippen LogP contribution in [0.4, 0.5) is 0 Å². The van der Waals surface area contributed by atoms with E-state index in [1.807, 2.05) is 0 Å². The molecule has 0 unspecified atom stereocenters. The molecule has 9 heteroatoms. The summed E-state index contributed by atoms with van der Waals surface area (Å²) in [4.78, 5) is 23.3. The second kappa shape index (κ2) is 5.02. The van der Waals surface area contributed by atoms with Gasteiger partial charge in [0, 0.05) is 6.42 Å². The number of nitrogens with two attached hydrogens (primary N) is 1. The molecule has 0 saturated carbocycles. The molecule has 124 valence electrons. The van der Waals surface area contributed by atoms with E-state index in [-0.39, 0.29) is 22.5 Å². The Kier molecular flexibility index (Phi) is 3.47. The fourth-order valence-electron chi connectivity index (χ4n) is 3.09. The topological polar surface area (TPSA) is 113 Å². The van der Waals surface area contributed by atoms with Crippen LogP contribution in [0.15, 0.2) is 29.2 Å². The fraction of sp³-hybridized carbons (Fsp3) is 0.429. The zero-order chi connectivity index (χ0) is 16.9. The first-order valence-electron chi connectivity index (χ1n) is 7.05. The fourth-order valence-corrected chi connectivity index (χ4v) is 3.60. The summed E-state index contributed by atoms with van der Waals surface area (Å²) in [7, 11) is -3.72. The number of sulfonamides is 1. The molecule has 1 aromatic rings. The van der Waals surface area contributed by atoms with Crippen molar-refractivity contribution in [2.24, 2.45) is 5.14 Å². The van der Waals surface area contributed by atoms with Gasteiger partial charge in [-0.1, -0.05) is 12.1 Å². The van der Waals surface area contributed by atoms with Crippen LogP contribution in [0.2, 0.25) is 0 Å². The highest BCUT2D eigenvalue weighted by Crippen LogP contribution is 2.39. The Balaban J connectivity index is 1.77. The van der Waals surface area contributed by atoms with Crippen molar-refractivity contribution < 1.29 is 32.0 Å². The van der Waals surface area contributed by atoms with Gasteiger partial charge < -0.3 is 9.47 Å². The maximum atomic E-state index is 11.6. The van der Waals surface area contributed by atoms with Crippen molar-refractivity contribution in [3.8, 4) is 0 Å². The van der Waals surface area contributed by atoms with E-state index < -0.39 is 27.9 Å². The van der Waals surface area contributed by atoms with E-state index in [1.165, 1.54) is 12.1 Å². The number of nitrogens with zero attached hydrogens (tertiary/aromatic N) is 1. The highest BCUT2D eigenvalue weighted by atomic mass is 32.2. The minimum atomic E-state index is -3.72. The molecule has 1 aromatic carbocycles. The first kappa shape index (κ1) is 15.9. The molecule has 2 heterocycles. The van der Waals surface area contributed by atoms with Gasteiger partial charge in [0.2, 0.25) is 10.0 Å². The smallest absolute Gasteiger partial charge is 0.370 e. The molecule has 0 amide bonds. The van der Waals surface area contributed by atoms with Crippen molar-refractivity contribution in [1.29, 1.82) is 0 Å². The lowest BCUT2D eigenvalue weighted by Crippen LogP contribution is -2.57. The quantitative estimate of drug-likeness (QED) is 0.582. The lowest BCUT2D eigenvalue weighted by Gasteiger charge is -2.33. The Morgan fingerprint density at radius 1 is 1.13 bits per heavy atom. The highest BCUT2D eigenvalue weighted by Gasteiger charge is 2.66. The van der Waals surface area contributed by atoms with Crippen LogP contribution in [0.5, 0.6) is 0 Å². The summed E-state index contributed by atoms with van der Waals surface area (Å²) < 4.78 is 33.0. The first-order chi connectivity index (χ1) is 10.6. The van der Waals surface area contributed by atoms with Crippen LogP contribution in [-0.4, -0.2) is 50.4 Å². The van der Waals surface area contributed by atoms with Crippen LogP contribution in [-0.2, 0) is 35.5 Å². The Morgan fingerprint density at radius 3 is 2.13 bits per heavy atom. The van der Waals surface area contributed by atoms with Crippen molar-refractivity contribution in [3.05, 3.63) is 29.8 Å². The Morgan fingerprint density at radius 2 is 1.65 bits per heavy atom. The number of hydrogen-bond donors (Lipinski definition) is 1. The third-order valence-electron chi connectivity index (χ3n) is 4.41. The lowest BCUT2D eigenvalue weighted by atomic mass is 10.1. The molecular formula is C14H17N2O6S+. The zero-order valence-electron chi connectivity index (χ0n) is 12.5. The standard InChI is InChI=1S/C14H17N2O6S/c1-14-16(8-12(17)21-14,9-13(18)22-14)7-6-10-2-4-11(5-3-10)23(15,19)20/h2-5H,6-9H2,1H3,(H2,15,19,20)/q+1. The molecule has 2 saturated heterocycles. The van der Waals surface area contributed by atoms with Gasteiger partial charge in [-0.3, -0.25) is 0 Å². The van der Waals surface area contributed by atoms with Crippen molar-refractivity contribution in [2.75, 3.05) is 19.6 Å². The number of benzene rings is 1. The van der Waals surface area contributed by atoms with Crippen molar-refractivity contribution >= 4 is 22.0 Å². The molecule has 8 nitrogen and oxygen atoms in total. The number of ether oxygens (including phenoxy) is 2. The highest BCUT2D eigenvalue weighted by molar-refractivity contribution is 7.89. The molecule has 2 aliphatic heterocycles. The van der Waals surface area contributed by atoms with E-state index in [9.17, 15) is 18.0 Å². The molecule has 0 aliphatic carbocycles. The van der Waals surface area contributed by atoms with Gasteiger partial charge in [0.05, 0.1) is 18.4 Å². The third kappa shape index (κ3) is 2.71. The Hall–Kier alpha value is -1.97. The summed E-state index contributed by atoms with van der Waals surface area (Å²) in [5.74, 6) is -2.07. The average Bonchev–Trinajstić information content (AvgIpc) is 2.79. The molecule has 2 N–H and O–H groups in total. The van der Waals surface area contributed by atoms with Gasteiger partial charge in [0.1, 0.15) is 0 Å². The number of hydrogen-bond acceptors (Lipinski definition) is 6. The third-order valence-corrected chi connectivity index (χ3v) is 5.34. The van der Waals surface area contributed by atoms with E-state index in [2.05, 4.69) is 0 Å². The molecule has 0 aromatic heterocycles. The van der Waals surface area contributed by atoms with Crippen LogP contribution in [0, 0.1) is 0 Å². The number of quaternary nitrogens is 1. The monoisotopic (exact) mass is 341 g/mol. The molecular weight excluding hydrogens is 324 g/mol. The van der Waals surface area contributed by atoms with Gasteiger partial charge in [-0.05, 0) is 17.7 Å². The summed E-state index contributed by atoms with van der Waals surface area (Å²) in [6.45, 7) is 2.21. The van der Waals surface area contributed by atoms with Crippen molar-refractivity contribution in [3.63, 3.8) is 0 Å². The largest absolute Gasteiger partial charge is 0.406 e. The second-order valence-corrected chi connectivity index (χ2v) is 7.53. The molecule has 2 aliphatic rings. The van der Waals surface area contributed by atoms with Gasteiger partial charge in [-0.2, -0.15) is 0 Å². The summed E-state index contributed by atoms with van der Waals surface area (Å²) in [5, 5.41) is 5.06. The molecule has 2 fully saturated rings. The maximum absolute atomic E-state index is 11.6. The summed E-state index contributed by atoms with van der Waals surface area (Å²) in [6, 6.07) is 6.18. The molecule has 0 spiro atoms. The summed E-state index contributed by atoms with van der Waals surface area (Å²) in [6.07, 6.45) is 0.535. The van der Waals surface area contributed by atoms with E-state index in [0.717, 1.165) is 5.56 Å². The Labute approximate surface area is 133 Å². The zero-order valence-corrected chi connectivity index (χ0v) is 13.3. The average molecular weight is 341 g/mol. The molecule has 3 rings (SSSR count). The van der Waals surface area contributed by atoms with Gasteiger partial charge in [-0.25, -0.2) is 27.6 Å². The predicted octanol–water partition coefficient (Wildman–Crippen LogP) is -0.519. The Bertz CT molecular complexity index is 751. The van der Waals surface area contributed by atoms with Crippen LogP contribution in [0.3, 0.4) is 0 Å². The van der Waals surface area contributed by atoms with Crippen LogP contribution >= 0.6 is 0 Å². The molecule has 23 heavy (non-hydrogen) atoms. The number of primary sulfonamides is 1. The van der Waals surface area contributed by atoms with E-state index in [1.54, 1.807) is 19.1 Å². The summed E-state index contributed by atoms with van der Waals surface area (Å²) in [5.41, 5.74) is 0.867. The molecule has 0 radical (unpaired) electrons. The maximum Gasteiger partial charge on any atom is 0.406 e. The van der Waals surface area contributed by atoms with E-state index in [4.69, 9.17) is 14.6 Å². The van der Waals surface area contributed by atoms with Gasteiger partial charge >= 0.3 is 17.8 Å². The first-order valence-corrected chi connectivity index (χ1v) is 8.60. The van der Waals surface area contributed by atoms with Crippen molar-refractivity contribution in [1.82, 2.24) is 0 Å². The number of carbonyl (C=O) groups is 2. The normalized spacial score (nSPS) is 30.0. The molecule has 0 bridgehead atoms. The van der Waals surface area contributed by atoms with Crippen molar-refractivity contribution in [2.45, 2.75) is 24.2 Å². The van der Waals surface area contributed by atoms with Gasteiger partial charge in [0.15, 0.2) is 13.1 Å². The molecule has 0 atom stereocenters. The van der Waals surface area contributed by atoms with Gasteiger partial charge in [0.25, 0.3) is 0 Å². The SMILES string of the molecule is CC12OC(=O)C[N+]1(CCc1ccc(S(N)(=O)=O)cc1)CC(=O)O2. The minimum absolute atomic E-state index is 0.0393. The van der Waals surface area contributed by atoms with Crippen LogP contribution in [0.25, 0.3) is 0 Å². The van der Waals surface area contributed by atoms with E-state index >= 15 is 0 Å². The second-order valence-electron chi connectivity index (χ2n) is 5.97. The van der Waals surface area contributed by atoms with E-state index in [0.29, 0.717) is 13.0 Å². The van der Waals surface area contributed by atoms with Crippen LogP contribution in [0.1, 0.15) is 12.5 Å². The summed E-state index contributed by atoms with van der Waals surface area (Å²) >= 11 is 0.